The first-order chi connectivity index (χ1) is 8.06. The van der Waals surface area contributed by atoms with E-state index in [0.717, 1.165) is 0 Å². The largest absolute Gasteiger partial charge is 0.380 e. The summed E-state index contributed by atoms with van der Waals surface area (Å²) >= 11 is 3.06. The highest BCUT2D eigenvalue weighted by molar-refractivity contribution is 9.10. The zero-order valence-corrected chi connectivity index (χ0v) is 11.4. The van der Waals surface area contributed by atoms with Crippen LogP contribution in [0.1, 0.15) is 24.2 Å². The number of carbonyl (C=O) groups is 1. The first kappa shape index (κ1) is 14.1. The predicted molar refractivity (Wildman–Crippen MR) is 67.5 cm³/mol. The summed E-state index contributed by atoms with van der Waals surface area (Å²) in [7, 11) is 0. The van der Waals surface area contributed by atoms with Gasteiger partial charge >= 0.3 is 0 Å². The quantitative estimate of drug-likeness (QED) is 0.908. The van der Waals surface area contributed by atoms with Crippen LogP contribution in [0.2, 0.25) is 0 Å². The van der Waals surface area contributed by atoms with Crippen molar-refractivity contribution < 1.29 is 13.9 Å². The molecule has 0 aliphatic rings. The second-order valence-electron chi connectivity index (χ2n) is 3.64. The van der Waals surface area contributed by atoms with Crippen molar-refractivity contribution >= 4 is 21.8 Å². The smallest absolute Gasteiger partial charge is 0.252 e. The van der Waals surface area contributed by atoms with Crippen LogP contribution in [0.15, 0.2) is 22.7 Å². The fourth-order valence-corrected chi connectivity index (χ4v) is 1.76. The van der Waals surface area contributed by atoms with Crippen LogP contribution in [-0.2, 0) is 4.74 Å². The second kappa shape index (κ2) is 6.71. The third-order valence-corrected chi connectivity index (χ3v) is 2.95. The van der Waals surface area contributed by atoms with E-state index in [2.05, 4.69) is 21.2 Å². The van der Waals surface area contributed by atoms with Gasteiger partial charge in [-0.25, -0.2) is 4.39 Å². The molecule has 5 heteroatoms. The molecule has 0 aliphatic carbocycles. The Morgan fingerprint density at radius 3 is 2.94 bits per heavy atom. The van der Waals surface area contributed by atoms with Gasteiger partial charge in [-0.2, -0.15) is 0 Å². The average molecular weight is 304 g/mol. The van der Waals surface area contributed by atoms with E-state index in [9.17, 15) is 9.18 Å². The van der Waals surface area contributed by atoms with E-state index < -0.39 is 5.82 Å². The Bertz CT molecular complexity index is 398. The molecule has 0 radical (unpaired) electrons. The Labute approximate surface area is 108 Å². The number of ether oxygens (including phenoxy) is 1. The number of nitrogens with one attached hydrogen (secondary N) is 1. The van der Waals surface area contributed by atoms with Crippen LogP contribution in [0.25, 0.3) is 0 Å². The minimum Gasteiger partial charge on any atom is -0.380 e. The molecular weight excluding hydrogens is 289 g/mol. The minimum absolute atomic E-state index is 0.113. The molecule has 3 nitrogen and oxygen atoms in total. The van der Waals surface area contributed by atoms with Gasteiger partial charge in [0.15, 0.2) is 0 Å². The minimum atomic E-state index is -0.449. The van der Waals surface area contributed by atoms with Crippen LogP contribution in [-0.4, -0.2) is 25.2 Å². The molecule has 1 aromatic carbocycles. The molecule has 0 saturated heterocycles. The van der Waals surface area contributed by atoms with Gasteiger partial charge in [0.1, 0.15) is 5.82 Å². The second-order valence-corrected chi connectivity index (χ2v) is 4.43. The summed E-state index contributed by atoms with van der Waals surface area (Å²) in [6.07, 6.45) is 0. The van der Waals surface area contributed by atoms with Crippen LogP contribution in [0.5, 0.6) is 0 Å². The Kier molecular flexibility index (Phi) is 5.58. The number of hydrogen-bond acceptors (Lipinski definition) is 2. The molecule has 0 fully saturated rings. The molecule has 0 saturated carbocycles. The third kappa shape index (κ3) is 4.09. The molecule has 1 atom stereocenters. The first-order valence-corrected chi connectivity index (χ1v) is 6.18. The van der Waals surface area contributed by atoms with Gasteiger partial charge in [0.25, 0.3) is 5.91 Å². The normalized spacial score (nSPS) is 12.2. The van der Waals surface area contributed by atoms with Crippen molar-refractivity contribution in [1.29, 1.82) is 0 Å². The lowest BCUT2D eigenvalue weighted by atomic mass is 10.2. The van der Waals surface area contributed by atoms with Crippen LogP contribution >= 0.6 is 15.9 Å². The maximum absolute atomic E-state index is 13.2. The van der Waals surface area contributed by atoms with Crippen molar-refractivity contribution in [1.82, 2.24) is 5.32 Å². The van der Waals surface area contributed by atoms with Crippen molar-refractivity contribution in [2.75, 3.05) is 13.2 Å². The maximum atomic E-state index is 13.2. The van der Waals surface area contributed by atoms with Gasteiger partial charge in [-0.1, -0.05) is 6.07 Å². The molecule has 0 spiro atoms. The van der Waals surface area contributed by atoms with E-state index >= 15 is 0 Å². The Morgan fingerprint density at radius 1 is 1.59 bits per heavy atom. The zero-order chi connectivity index (χ0) is 12.8. The summed E-state index contributed by atoms with van der Waals surface area (Å²) in [4.78, 5) is 11.8. The van der Waals surface area contributed by atoms with Gasteiger partial charge < -0.3 is 10.1 Å². The van der Waals surface area contributed by atoms with Gasteiger partial charge in [-0.15, -0.1) is 0 Å². The summed E-state index contributed by atoms with van der Waals surface area (Å²) in [5.74, 6) is -0.765. The third-order valence-electron chi connectivity index (χ3n) is 2.15. The van der Waals surface area contributed by atoms with Crippen LogP contribution in [0.4, 0.5) is 4.39 Å². The van der Waals surface area contributed by atoms with Crippen LogP contribution < -0.4 is 5.32 Å². The first-order valence-electron chi connectivity index (χ1n) is 5.38. The Hall–Kier alpha value is -0.940. The fraction of sp³-hybridized carbons (Fsp3) is 0.417. The lowest BCUT2D eigenvalue weighted by Gasteiger charge is -2.14. The average Bonchev–Trinajstić information content (AvgIpc) is 2.29. The number of amides is 1. The van der Waals surface area contributed by atoms with Crippen molar-refractivity contribution in [2.24, 2.45) is 0 Å². The zero-order valence-electron chi connectivity index (χ0n) is 9.80. The molecule has 1 aromatic rings. The molecule has 0 bridgehead atoms. The van der Waals surface area contributed by atoms with E-state index in [1.165, 1.54) is 12.1 Å². The monoisotopic (exact) mass is 303 g/mol. The molecule has 17 heavy (non-hydrogen) atoms. The van der Waals surface area contributed by atoms with Gasteiger partial charge in [0.2, 0.25) is 0 Å². The molecule has 1 amide bonds. The van der Waals surface area contributed by atoms with Gasteiger partial charge in [0.05, 0.1) is 16.6 Å². The molecular formula is C12H15BrFNO2. The van der Waals surface area contributed by atoms with Crippen LogP contribution in [0.3, 0.4) is 0 Å². The lowest BCUT2D eigenvalue weighted by molar-refractivity contribution is 0.0871. The van der Waals surface area contributed by atoms with E-state index in [1.807, 2.05) is 13.8 Å². The highest BCUT2D eigenvalue weighted by Gasteiger charge is 2.14. The van der Waals surface area contributed by atoms with E-state index in [1.54, 1.807) is 6.07 Å². The van der Waals surface area contributed by atoms with Crippen molar-refractivity contribution in [3.63, 3.8) is 0 Å². The number of halogens is 2. The molecule has 0 aliphatic heterocycles. The molecule has 1 unspecified atom stereocenters. The summed E-state index contributed by atoms with van der Waals surface area (Å²) in [6.45, 7) is 4.76. The number of benzene rings is 1. The van der Waals surface area contributed by atoms with Gasteiger partial charge in [-0.3, -0.25) is 4.79 Å². The van der Waals surface area contributed by atoms with Crippen LogP contribution in [0, 0.1) is 5.82 Å². The summed E-state index contributed by atoms with van der Waals surface area (Å²) in [5, 5.41) is 2.74. The molecule has 1 N–H and O–H groups in total. The van der Waals surface area contributed by atoms with E-state index in [0.29, 0.717) is 13.2 Å². The highest BCUT2D eigenvalue weighted by atomic mass is 79.9. The number of rotatable bonds is 5. The topological polar surface area (TPSA) is 38.3 Å². The van der Waals surface area contributed by atoms with Gasteiger partial charge in [0, 0.05) is 12.6 Å². The summed E-state index contributed by atoms with van der Waals surface area (Å²) < 4.78 is 18.6. The molecule has 94 valence electrons. The predicted octanol–water partition coefficient (Wildman–Crippen LogP) is 2.74. The van der Waals surface area contributed by atoms with Gasteiger partial charge in [-0.05, 0) is 41.9 Å². The molecule has 0 aromatic heterocycles. The highest BCUT2D eigenvalue weighted by Crippen LogP contribution is 2.20. The number of carbonyl (C=O) groups excluding carboxylic acids is 1. The Balaban J connectivity index is 2.67. The van der Waals surface area contributed by atoms with Crippen molar-refractivity contribution in [3.05, 3.63) is 34.1 Å². The van der Waals surface area contributed by atoms with Crippen molar-refractivity contribution in [2.45, 2.75) is 19.9 Å². The van der Waals surface area contributed by atoms with E-state index in [-0.39, 0.29) is 22.0 Å². The molecule has 0 heterocycles. The maximum Gasteiger partial charge on any atom is 0.252 e. The summed E-state index contributed by atoms with van der Waals surface area (Å²) in [6, 6.07) is 4.25. The van der Waals surface area contributed by atoms with E-state index in [4.69, 9.17) is 4.74 Å². The lowest BCUT2D eigenvalue weighted by Crippen LogP contribution is -2.36. The fourth-order valence-electron chi connectivity index (χ4n) is 1.32. The number of hydrogen-bond donors (Lipinski definition) is 1. The Morgan fingerprint density at radius 2 is 2.29 bits per heavy atom. The van der Waals surface area contributed by atoms with Crippen molar-refractivity contribution in [3.8, 4) is 0 Å². The standard InChI is InChI=1S/C12H15BrFNO2/c1-3-17-7-8(2)15-12(16)9-5-4-6-10(14)11(9)13/h4-6,8H,3,7H2,1-2H3,(H,15,16). The SMILES string of the molecule is CCOCC(C)NC(=O)c1cccc(F)c1Br. The molecule has 1 rings (SSSR count). The summed E-state index contributed by atoms with van der Waals surface area (Å²) in [5.41, 5.74) is 0.286.